The van der Waals surface area contributed by atoms with Crippen LogP contribution in [0.15, 0.2) is 23.1 Å². The van der Waals surface area contributed by atoms with E-state index in [1.165, 1.54) is 6.92 Å². The number of nitrogens with zero attached hydrogens (tertiary/aromatic N) is 1. The molecule has 2 aliphatic rings. The number of fused-ring (bicyclic) bond motifs is 1. The molecule has 1 fully saturated rings. The summed E-state index contributed by atoms with van der Waals surface area (Å²) in [6.45, 7) is 3.82. The third-order valence-electron chi connectivity index (χ3n) is 4.30. The van der Waals surface area contributed by atoms with E-state index in [2.05, 4.69) is 10.0 Å². The van der Waals surface area contributed by atoms with E-state index in [9.17, 15) is 13.2 Å². The van der Waals surface area contributed by atoms with Crippen LogP contribution in [0.3, 0.4) is 0 Å². The number of rotatable bonds is 3. The molecule has 2 heterocycles. The first-order valence-corrected chi connectivity index (χ1v) is 9.10. The van der Waals surface area contributed by atoms with Gasteiger partial charge in [0, 0.05) is 25.2 Å². The van der Waals surface area contributed by atoms with Gasteiger partial charge in [0.15, 0.2) is 0 Å². The topological polar surface area (TPSA) is 78.5 Å². The summed E-state index contributed by atoms with van der Waals surface area (Å²) in [4.78, 5) is 13.5. The molecule has 1 aromatic rings. The fraction of sp³-hybridized carbons (Fsp3) is 0.533. The molecule has 2 N–H and O–H groups in total. The molecule has 7 heteroatoms. The fourth-order valence-corrected chi connectivity index (χ4v) is 4.45. The summed E-state index contributed by atoms with van der Waals surface area (Å²) in [6, 6.07) is 5.01. The highest BCUT2D eigenvalue weighted by atomic mass is 32.2. The maximum atomic E-state index is 12.5. The van der Waals surface area contributed by atoms with Crippen molar-refractivity contribution in [1.29, 1.82) is 0 Å². The highest BCUT2D eigenvalue weighted by molar-refractivity contribution is 7.89. The van der Waals surface area contributed by atoms with Crippen LogP contribution in [-0.4, -0.2) is 40.0 Å². The number of amides is 1. The lowest BCUT2D eigenvalue weighted by Gasteiger charge is -2.23. The zero-order valence-corrected chi connectivity index (χ0v) is 13.4. The molecule has 2 aliphatic heterocycles. The van der Waals surface area contributed by atoms with E-state index in [-0.39, 0.29) is 16.8 Å². The Kier molecular flexibility index (Phi) is 4.20. The van der Waals surface area contributed by atoms with Gasteiger partial charge < -0.3 is 10.2 Å². The molecule has 3 rings (SSSR count). The van der Waals surface area contributed by atoms with Crippen molar-refractivity contribution in [3.05, 3.63) is 23.8 Å². The Balaban J connectivity index is 1.81. The second-order valence-corrected chi connectivity index (χ2v) is 7.57. The van der Waals surface area contributed by atoms with Gasteiger partial charge in [-0.2, -0.15) is 0 Å². The summed E-state index contributed by atoms with van der Waals surface area (Å²) in [5, 5.41) is 3.22. The van der Waals surface area contributed by atoms with Gasteiger partial charge in [-0.3, -0.25) is 4.79 Å². The summed E-state index contributed by atoms with van der Waals surface area (Å²) in [5.41, 5.74) is 1.75. The number of anilines is 1. The van der Waals surface area contributed by atoms with Crippen LogP contribution in [0.4, 0.5) is 5.69 Å². The number of nitrogens with one attached hydrogen (secondary N) is 2. The van der Waals surface area contributed by atoms with Gasteiger partial charge in [0.1, 0.15) is 0 Å². The van der Waals surface area contributed by atoms with E-state index in [0.29, 0.717) is 13.0 Å². The summed E-state index contributed by atoms with van der Waals surface area (Å²) in [6.07, 6.45) is 2.32. The van der Waals surface area contributed by atoms with Crippen LogP contribution >= 0.6 is 0 Å². The molecule has 0 radical (unpaired) electrons. The Morgan fingerprint density at radius 3 is 2.73 bits per heavy atom. The lowest BCUT2D eigenvalue weighted by atomic mass is 10.1. The predicted molar refractivity (Wildman–Crippen MR) is 84.4 cm³/mol. The molecule has 120 valence electrons. The maximum absolute atomic E-state index is 12.5. The highest BCUT2D eigenvalue weighted by Crippen LogP contribution is 2.30. The number of hydrogen-bond donors (Lipinski definition) is 2. The van der Waals surface area contributed by atoms with E-state index in [1.54, 1.807) is 23.1 Å². The Bertz CT molecular complexity index is 681. The molecule has 0 spiro atoms. The minimum absolute atomic E-state index is 0.00628. The number of benzene rings is 1. The van der Waals surface area contributed by atoms with Gasteiger partial charge in [0.05, 0.1) is 4.90 Å². The van der Waals surface area contributed by atoms with Crippen molar-refractivity contribution in [2.24, 2.45) is 0 Å². The van der Waals surface area contributed by atoms with Gasteiger partial charge >= 0.3 is 0 Å². The lowest BCUT2D eigenvalue weighted by Crippen LogP contribution is -2.42. The van der Waals surface area contributed by atoms with Crippen LogP contribution in [0.2, 0.25) is 0 Å². The van der Waals surface area contributed by atoms with Crippen LogP contribution in [0.1, 0.15) is 25.3 Å². The number of hydrogen-bond acceptors (Lipinski definition) is 4. The summed E-state index contributed by atoms with van der Waals surface area (Å²) < 4.78 is 27.8. The Morgan fingerprint density at radius 1 is 1.32 bits per heavy atom. The third-order valence-corrected chi connectivity index (χ3v) is 5.82. The molecular formula is C15H21N3O3S. The van der Waals surface area contributed by atoms with Crippen molar-refractivity contribution in [3.63, 3.8) is 0 Å². The van der Waals surface area contributed by atoms with Crippen molar-refractivity contribution in [2.45, 2.75) is 37.1 Å². The highest BCUT2D eigenvalue weighted by Gasteiger charge is 2.26. The molecule has 0 unspecified atom stereocenters. The van der Waals surface area contributed by atoms with Crippen molar-refractivity contribution >= 4 is 21.6 Å². The molecule has 0 aromatic heterocycles. The summed E-state index contributed by atoms with van der Waals surface area (Å²) in [7, 11) is -3.50. The first-order chi connectivity index (χ1) is 10.5. The normalized spacial score (nSPS) is 19.2. The van der Waals surface area contributed by atoms with Crippen LogP contribution < -0.4 is 14.9 Å². The summed E-state index contributed by atoms with van der Waals surface area (Å²) in [5.74, 6) is -0.0119. The molecule has 0 aliphatic carbocycles. The van der Waals surface area contributed by atoms with Crippen LogP contribution in [-0.2, 0) is 21.2 Å². The average molecular weight is 323 g/mol. The van der Waals surface area contributed by atoms with Gasteiger partial charge in [-0.1, -0.05) is 0 Å². The van der Waals surface area contributed by atoms with Crippen molar-refractivity contribution < 1.29 is 13.2 Å². The molecule has 1 aromatic carbocycles. The number of carbonyl (C=O) groups excluding carboxylic acids is 1. The number of sulfonamides is 1. The lowest BCUT2D eigenvalue weighted by molar-refractivity contribution is -0.116. The van der Waals surface area contributed by atoms with Crippen molar-refractivity contribution in [2.75, 3.05) is 24.5 Å². The molecule has 0 saturated carbocycles. The van der Waals surface area contributed by atoms with Gasteiger partial charge in [-0.25, -0.2) is 13.1 Å². The number of piperidine rings is 1. The van der Waals surface area contributed by atoms with Gasteiger partial charge in [-0.05, 0) is 56.1 Å². The van der Waals surface area contributed by atoms with E-state index in [0.717, 1.165) is 37.2 Å². The average Bonchev–Trinajstić information content (AvgIpc) is 2.91. The van der Waals surface area contributed by atoms with E-state index < -0.39 is 10.0 Å². The zero-order chi connectivity index (χ0) is 15.7. The van der Waals surface area contributed by atoms with E-state index in [1.807, 2.05) is 0 Å². The van der Waals surface area contributed by atoms with E-state index >= 15 is 0 Å². The van der Waals surface area contributed by atoms with Crippen LogP contribution in [0.5, 0.6) is 0 Å². The molecule has 0 atom stereocenters. The Morgan fingerprint density at radius 2 is 2.05 bits per heavy atom. The molecule has 6 nitrogen and oxygen atoms in total. The third kappa shape index (κ3) is 3.02. The monoisotopic (exact) mass is 323 g/mol. The fourth-order valence-electron chi connectivity index (χ4n) is 3.10. The molecule has 1 saturated heterocycles. The molecule has 0 bridgehead atoms. The zero-order valence-electron chi connectivity index (χ0n) is 12.6. The Labute approximate surface area is 130 Å². The second-order valence-electron chi connectivity index (χ2n) is 5.86. The number of carbonyl (C=O) groups is 1. The van der Waals surface area contributed by atoms with Gasteiger partial charge in [-0.15, -0.1) is 0 Å². The predicted octanol–water partition coefficient (Wildman–Crippen LogP) is 0.626. The largest absolute Gasteiger partial charge is 0.317 e. The first kappa shape index (κ1) is 15.5. The maximum Gasteiger partial charge on any atom is 0.240 e. The minimum atomic E-state index is -3.50. The van der Waals surface area contributed by atoms with Gasteiger partial charge in [0.2, 0.25) is 15.9 Å². The van der Waals surface area contributed by atoms with Crippen LogP contribution in [0, 0.1) is 0 Å². The van der Waals surface area contributed by atoms with E-state index in [4.69, 9.17) is 0 Å². The molecule has 22 heavy (non-hydrogen) atoms. The standard InChI is InChI=1S/C15H21N3O3S/c1-11(19)18-9-6-12-10-14(2-3-15(12)18)22(20,21)17-13-4-7-16-8-5-13/h2-3,10,13,16-17H,4-9H2,1H3. The first-order valence-electron chi connectivity index (χ1n) is 7.61. The van der Waals surface area contributed by atoms with Crippen LogP contribution in [0.25, 0.3) is 0 Å². The quantitative estimate of drug-likeness (QED) is 0.855. The molecule has 1 amide bonds. The van der Waals surface area contributed by atoms with Crippen molar-refractivity contribution in [3.8, 4) is 0 Å². The van der Waals surface area contributed by atoms with Gasteiger partial charge in [0.25, 0.3) is 0 Å². The van der Waals surface area contributed by atoms with Crippen molar-refractivity contribution in [1.82, 2.24) is 10.0 Å². The SMILES string of the molecule is CC(=O)N1CCc2cc(S(=O)(=O)NC3CCNCC3)ccc21. The minimum Gasteiger partial charge on any atom is -0.317 e. The molecular weight excluding hydrogens is 302 g/mol. The summed E-state index contributed by atoms with van der Waals surface area (Å²) >= 11 is 0. The second kappa shape index (κ2) is 5.98. The smallest absolute Gasteiger partial charge is 0.240 e. The Hall–Kier alpha value is -1.44.